The van der Waals surface area contributed by atoms with E-state index in [0.717, 1.165) is 56.5 Å². The first kappa shape index (κ1) is 19.9. The van der Waals surface area contributed by atoms with E-state index < -0.39 is 0 Å². The van der Waals surface area contributed by atoms with Crippen LogP contribution in [-0.4, -0.2) is 65.4 Å². The molecule has 0 bridgehead atoms. The molecule has 1 fully saturated rings. The molecule has 138 valence electrons. The van der Waals surface area contributed by atoms with Gasteiger partial charge in [0.1, 0.15) is 5.82 Å². The number of nitrogens with zero attached hydrogens (tertiary/aromatic N) is 5. The number of methoxy groups -OCH3 is 1. The van der Waals surface area contributed by atoms with Crippen LogP contribution < -0.4 is 5.32 Å². The molecule has 2 aromatic heterocycles. The Bertz CT molecular complexity index is 689. The summed E-state index contributed by atoms with van der Waals surface area (Å²) in [6, 6.07) is 5.93. The number of aliphatic imine (C=N–C) groups is 1. The van der Waals surface area contributed by atoms with Crippen molar-refractivity contribution in [1.29, 1.82) is 0 Å². The Labute approximate surface area is 165 Å². The van der Waals surface area contributed by atoms with Gasteiger partial charge >= 0.3 is 0 Å². The summed E-state index contributed by atoms with van der Waals surface area (Å²) in [6.07, 6.45) is 3.93. The summed E-state index contributed by atoms with van der Waals surface area (Å²) in [5.41, 5.74) is 0.880. The molecule has 3 rings (SSSR count). The van der Waals surface area contributed by atoms with Crippen molar-refractivity contribution in [3.8, 4) is 0 Å². The zero-order chi connectivity index (χ0) is 16.8. The van der Waals surface area contributed by atoms with Crippen LogP contribution in [0.2, 0.25) is 0 Å². The molecule has 1 aliphatic rings. The van der Waals surface area contributed by atoms with Gasteiger partial charge in [0.15, 0.2) is 11.6 Å². The third kappa shape index (κ3) is 5.04. The van der Waals surface area contributed by atoms with Crippen molar-refractivity contribution >= 4 is 35.6 Å². The van der Waals surface area contributed by atoms with E-state index in [1.807, 2.05) is 28.8 Å². The van der Waals surface area contributed by atoms with Gasteiger partial charge in [-0.3, -0.25) is 9.39 Å². The number of aromatic nitrogens is 3. The lowest BCUT2D eigenvalue weighted by Gasteiger charge is -2.21. The van der Waals surface area contributed by atoms with Crippen LogP contribution in [0.3, 0.4) is 0 Å². The topological polar surface area (TPSA) is 67.0 Å². The number of likely N-dealkylation sites (tertiary alicyclic amines) is 1. The van der Waals surface area contributed by atoms with Crippen LogP contribution in [0.5, 0.6) is 0 Å². The van der Waals surface area contributed by atoms with E-state index in [2.05, 4.69) is 27.3 Å². The first-order valence-corrected chi connectivity index (χ1v) is 8.62. The number of rotatable bonds is 6. The standard InChI is InChI=1S/C17H26N6O.HI/c1-3-18-17(22-11-8-14(12-22)13-24-2)19-9-7-16-21-20-15-6-4-5-10-23(15)16;/h4-6,10,14H,3,7-9,11-13H2,1-2H3,(H,18,19);1H. The van der Waals surface area contributed by atoms with Crippen LogP contribution in [0.4, 0.5) is 0 Å². The van der Waals surface area contributed by atoms with Gasteiger partial charge in [0.25, 0.3) is 0 Å². The van der Waals surface area contributed by atoms with Gasteiger partial charge in [0.05, 0.1) is 6.61 Å². The Morgan fingerprint density at radius 2 is 2.28 bits per heavy atom. The van der Waals surface area contributed by atoms with Crippen molar-refractivity contribution in [1.82, 2.24) is 24.8 Å². The molecule has 2 aromatic rings. The number of hydrogen-bond acceptors (Lipinski definition) is 4. The summed E-state index contributed by atoms with van der Waals surface area (Å²) < 4.78 is 7.30. The van der Waals surface area contributed by atoms with Crippen LogP contribution in [0.25, 0.3) is 5.65 Å². The SMILES string of the molecule is CCNC(=NCCc1nnc2ccccn12)N1CCC(COC)C1.I. The molecule has 1 aliphatic heterocycles. The Morgan fingerprint density at radius 3 is 3.08 bits per heavy atom. The number of halogens is 1. The highest BCUT2D eigenvalue weighted by atomic mass is 127. The molecule has 25 heavy (non-hydrogen) atoms. The molecule has 1 saturated heterocycles. The quantitative estimate of drug-likeness (QED) is 0.407. The van der Waals surface area contributed by atoms with Crippen LogP contribution >= 0.6 is 24.0 Å². The van der Waals surface area contributed by atoms with Crippen molar-refractivity contribution in [2.24, 2.45) is 10.9 Å². The predicted octanol–water partition coefficient (Wildman–Crippen LogP) is 1.82. The molecule has 0 radical (unpaired) electrons. The fraction of sp³-hybridized carbons (Fsp3) is 0.588. The molecular weight excluding hydrogens is 431 g/mol. The molecular formula is C17H27IN6O. The van der Waals surface area contributed by atoms with Crippen molar-refractivity contribution in [3.63, 3.8) is 0 Å². The third-order valence-corrected chi connectivity index (χ3v) is 4.30. The number of pyridine rings is 1. The second-order valence-corrected chi connectivity index (χ2v) is 6.09. The maximum absolute atomic E-state index is 5.28. The Hall–Kier alpha value is -1.42. The number of ether oxygens (including phenoxy) is 1. The minimum Gasteiger partial charge on any atom is -0.384 e. The first-order chi connectivity index (χ1) is 11.8. The normalized spacial score (nSPS) is 17.8. The fourth-order valence-electron chi connectivity index (χ4n) is 3.15. The van der Waals surface area contributed by atoms with Crippen molar-refractivity contribution in [2.45, 2.75) is 19.8 Å². The van der Waals surface area contributed by atoms with Gasteiger partial charge in [0.2, 0.25) is 0 Å². The molecule has 1 atom stereocenters. The summed E-state index contributed by atoms with van der Waals surface area (Å²) in [5.74, 6) is 2.54. The van der Waals surface area contributed by atoms with E-state index in [4.69, 9.17) is 9.73 Å². The van der Waals surface area contributed by atoms with Gasteiger partial charge in [-0.25, -0.2) is 0 Å². The second kappa shape index (κ2) is 9.91. The fourth-order valence-corrected chi connectivity index (χ4v) is 3.15. The van der Waals surface area contributed by atoms with Crippen molar-refractivity contribution < 1.29 is 4.74 Å². The lowest BCUT2D eigenvalue weighted by Crippen LogP contribution is -2.40. The average molecular weight is 458 g/mol. The van der Waals surface area contributed by atoms with Gasteiger partial charge in [-0.05, 0) is 25.5 Å². The van der Waals surface area contributed by atoms with Gasteiger partial charge in [-0.1, -0.05) is 6.07 Å². The number of guanidine groups is 1. The number of fused-ring (bicyclic) bond motifs is 1. The Morgan fingerprint density at radius 1 is 1.40 bits per heavy atom. The van der Waals surface area contributed by atoms with E-state index in [-0.39, 0.29) is 24.0 Å². The maximum atomic E-state index is 5.28. The number of nitrogens with one attached hydrogen (secondary N) is 1. The Balaban J connectivity index is 0.00000225. The molecule has 1 unspecified atom stereocenters. The minimum atomic E-state index is 0. The summed E-state index contributed by atoms with van der Waals surface area (Å²) >= 11 is 0. The molecule has 1 N–H and O–H groups in total. The molecule has 7 nitrogen and oxygen atoms in total. The smallest absolute Gasteiger partial charge is 0.193 e. The molecule has 0 saturated carbocycles. The zero-order valence-corrected chi connectivity index (χ0v) is 17.2. The van der Waals surface area contributed by atoms with Gasteiger partial charge in [0, 0.05) is 51.8 Å². The van der Waals surface area contributed by atoms with Gasteiger partial charge < -0.3 is 15.0 Å². The lowest BCUT2D eigenvalue weighted by molar-refractivity contribution is 0.157. The van der Waals surface area contributed by atoms with E-state index in [1.54, 1.807) is 7.11 Å². The maximum Gasteiger partial charge on any atom is 0.193 e. The number of hydrogen-bond donors (Lipinski definition) is 1. The van der Waals surface area contributed by atoms with Crippen LogP contribution in [0.1, 0.15) is 19.2 Å². The molecule has 0 aliphatic carbocycles. The van der Waals surface area contributed by atoms with Gasteiger partial charge in [-0.2, -0.15) is 0 Å². The Kier molecular flexibility index (Phi) is 7.89. The molecule has 8 heteroatoms. The summed E-state index contributed by atoms with van der Waals surface area (Å²) in [4.78, 5) is 7.11. The predicted molar refractivity (Wildman–Crippen MR) is 110 cm³/mol. The highest BCUT2D eigenvalue weighted by molar-refractivity contribution is 14.0. The minimum absolute atomic E-state index is 0. The van der Waals surface area contributed by atoms with Crippen molar-refractivity contribution in [3.05, 3.63) is 30.2 Å². The van der Waals surface area contributed by atoms with Gasteiger partial charge in [-0.15, -0.1) is 34.2 Å². The lowest BCUT2D eigenvalue weighted by atomic mass is 10.1. The van der Waals surface area contributed by atoms with Crippen LogP contribution in [0.15, 0.2) is 29.4 Å². The van der Waals surface area contributed by atoms with Crippen LogP contribution in [-0.2, 0) is 11.2 Å². The van der Waals surface area contributed by atoms with E-state index in [9.17, 15) is 0 Å². The van der Waals surface area contributed by atoms with E-state index in [1.165, 1.54) is 0 Å². The molecule has 0 aromatic carbocycles. The van der Waals surface area contributed by atoms with E-state index >= 15 is 0 Å². The largest absolute Gasteiger partial charge is 0.384 e. The molecule has 3 heterocycles. The van der Waals surface area contributed by atoms with Crippen LogP contribution in [0, 0.1) is 5.92 Å². The highest BCUT2D eigenvalue weighted by Crippen LogP contribution is 2.16. The van der Waals surface area contributed by atoms with E-state index in [0.29, 0.717) is 12.5 Å². The monoisotopic (exact) mass is 458 g/mol. The zero-order valence-electron chi connectivity index (χ0n) is 14.9. The average Bonchev–Trinajstić information content (AvgIpc) is 3.22. The van der Waals surface area contributed by atoms with Crippen molar-refractivity contribution in [2.75, 3.05) is 39.9 Å². The third-order valence-electron chi connectivity index (χ3n) is 4.30. The summed E-state index contributed by atoms with van der Waals surface area (Å²) in [6.45, 7) is 6.54. The first-order valence-electron chi connectivity index (χ1n) is 8.62. The summed E-state index contributed by atoms with van der Waals surface area (Å²) in [5, 5.41) is 11.8. The summed E-state index contributed by atoms with van der Waals surface area (Å²) in [7, 11) is 1.77. The highest BCUT2D eigenvalue weighted by Gasteiger charge is 2.24. The molecule has 0 amide bonds. The molecule has 0 spiro atoms. The second-order valence-electron chi connectivity index (χ2n) is 6.09.